The van der Waals surface area contributed by atoms with Crippen molar-refractivity contribution in [1.82, 2.24) is 4.90 Å². The van der Waals surface area contributed by atoms with Gasteiger partial charge in [0.25, 0.3) is 5.91 Å². The van der Waals surface area contributed by atoms with Crippen LogP contribution in [0.4, 0.5) is 0 Å². The van der Waals surface area contributed by atoms with Crippen molar-refractivity contribution in [2.45, 2.75) is 20.3 Å². The van der Waals surface area contributed by atoms with Crippen molar-refractivity contribution in [3.05, 3.63) is 32.7 Å². The van der Waals surface area contributed by atoms with Crippen LogP contribution in [0.2, 0.25) is 0 Å². The third kappa shape index (κ3) is 3.26. The van der Waals surface area contributed by atoms with Gasteiger partial charge in [0.1, 0.15) is 0 Å². The van der Waals surface area contributed by atoms with Crippen LogP contribution < -0.4 is 0 Å². The van der Waals surface area contributed by atoms with Gasteiger partial charge in [-0.1, -0.05) is 45.7 Å². The van der Waals surface area contributed by atoms with E-state index >= 15 is 0 Å². The Hall–Kier alpha value is -0.680. The number of benzene rings is 1. The SMILES string of the molecule is CC(C)C1CC(=O)N(C(=O)c2cc(Br)cc(Br)c2)C1. The fraction of sp³-hybridized carbons (Fsp3) is 0.429. The normalized spacial score (nSPS) is 19.3. The van der Waals surface area contributed by atoms with Crippen LogP contribution in [0.5, 0.6) is 0 Å². The molecule has 1 atom stereocenters. The first kappa shape index (κ1) is 14.7. The maximum Gasteiger partial charge on any atom is 0.260 e. The summed E-state index contributed by atoms with van der Waals surface area (Å²) in [6.07, 6.45) is 0.471. The molecule has 1 aromatic carbocycles. The molecule has 0 radical (unpaired) electrons. The number of carbonyl (C=O) groups is 2. The lowest BCUT2D eigenvalue weighted by atomic mass is 9.95. The molecule has 1 fully saturated rings. The van der Waals surface area contributed by atoms with Gasteiger partial charge >= 0.3 is 0 Å². The van der Waals surface area contributed by atoms with E-state index in [0.29, 0.717) is 24.4 Å². The standard InChI is InChI=1S/C14H15Br2NO2/c1-8(2)10-5-13(18)17(7-10)14(19)9-3-11(15)6-12(16)4-9/h3-4,6,8,10H,5,7H2,1-2H3. The molecule has 102 valence electrons. The summed E-state index contributed by atoms with van der Waals surface area (Å²) >= 11 is 6.71. The number of hydrogen-bond acceptors (Lipinski definition) is 2. The van der Waals surface area contributed by atoms with Gasteiger partial charge in [-0.15, -0.1) is 0 Å². The average molecular weight is 389 g/mol. The number of rotatable bonds is 2. The monoisotopic (exact) mass is 387 g/mol. The third-order valence-electron chi connectivity index (χ3n) is 3.45. The second-order valence-electron chi connectivity index (χ2n) is 5.18. The Labute approximate surface area is 129 Å². The van der Waals surface area contributed by atoms with Crippen molar-refractivity contribution in [3.63, 3.8) is 0 Å². The Morgan fingerprint density at radius 2 is 1.84 bits per heavy atom. The largest absolute Gasteiger partial charge is 0.278 e. The van der Waals surface area contributed by atoms with Crippen LogP contribution in [0.25, 0.3) is 0 Å². The molecule has 0 aliphatic carbocycles. The lowest BCUT2D eigenvalue weighted by Gasteiger charge is -2.16. The highest BCUT2D eigenvalue weighted by Crippen LogP contribution is 2.27. The zero-order valence-electron chi connectivity index (χ0n) is 10.8. The van der Waals surface area contributed by atoms with E-state index in [1.165, 1.54) is 4.90 Å². The maximum atomic E-state index is 12.4. The highest BCUT2D eigenvalue weighted by atomic mass is 79.9. The van der Waals surface area contributed by atoms with E-state index < -0.39 is 0 Å². The molecule has 0 N–H and O–H groups in total. The number of nitrogens with zero attached hydrogens (tertiary/aromatic N) is 1. The molecular formula is C14H15Br2NO2. The van der Waals surface area contributed by atoms with Crippen molar-refractivity contribution < 1.29 is 9.59 Å². The van der Waals surface area contributed by atoms with Gasteiger partial charge in [-0.25, -0.2) is 0 Å². The van der Waals surface area contributed by atoms with Gasteiger partial charge in [0.05, 0.1) is 0 Å². The van der Waals surface area contributed by atoms with Crippen LogP contribution in [0, 0.1) is 11.8 Å². The van der Waals surface area contributed by atoms with Gasteiger partial charge < -0.3 is 0 Å². The molecule has 0 bridgehead atoms. The molecule has 1 aromatic rings. The molecule has 1 saturated heterocycles. The second-order valence-corrected chi connectivity index (χ2v) is 7.01. The third-order valence-corrected chi connectivity index (χ3v) is 4.37. The number of imide groups is 1. The number of hydrogen-bond donors (Lipinski definition) is 0. The van der Waals surface area contributed by atoms with E-state index in [1.54, 1.807) is 12.1 Å². The molecule has 19 heavy (non-hydrogen) atoms. The Morgan fingerprint density at radius 1 is 1.26 bits per heavy atom. The highest BCUT2D eigenvalue weighted by Gasteiger charge is 2.35. The van der Waals surface area contributed by atoms with Crippen molar-refractivity contribution >= 4 is 43.7 Å². The summed E-state index contributed by atoms with van der Waals surface area (Å²) in [6.45, 7) is 4.70. The minimum absolute atomic E-state index is 0.0696. The van der Waals surface area contributed by atoms with Crippen molar-refractivity contribution in [1.29, 1.82) is 0 Å². The van der Waals surface area contributed by atoms with E-state index in [9.17, 15) is 9.59 Å². The molecular weight excluding hydrogens is 374 g/mol. The van der Waals surface area contributed by atoms with Crippen LogP contribution in [0.3, 0.4) is 0 Å². The fourth-order valence-electron chi connectivity index (χ4n) is 2.21. The molecule has 1 heterocycles. The summed E-state index contributed by atoms with van der Waals surface area (Å²) in [4.78, 5) is 25.7. The quantitative estimate of drug-likeness (QED) is 0.721. The number of carbonyl (C=O) groups excluding carboxylic acids is 2. The van der Waals surface area contributed by atoms with Crippen LogP contribution >= 0.6 is 31.9 Å². The minimum atomic E-state index is -0.213. The summed E-state index contributed by atoms with van der Waals surface area (Å²) in [5.41, 5.74) is 0.527. The molecule has 2 rings (SSSR count). The van der Waals surface area contributed by atoms with Crippen LogP contribution in [-0.4, -0.2) is 23.3 Å². The zero-order chi connectivity index (χ0) is 14.2. The van der Waals surface area contributed by atoms with E-state index in [-0.39, 0.29) is 17.7 Å². The highest BCUT2D eigenvalue weighted by molar-refractivity contribution is 9.11. The van der Waals surface area contributed by atoms with Gasteiger partial charge in [0.15, 0.2) is 0 Å². The molecule has 0 saturated carbocycles. The van der Waals surface area contributed by atoms with Crippen molar-refractivity contribution in [2.75, 3.05) is 6.54 Å². The number of amides is 2. The van der Waals surface area contributed by atoms with Gasteiger partial charge in [-0.2, -0.15) is 0 Å². The van der Waals surface area contributed by atoms with E-state index in [4.69, 9.17) is 0 Å². The Bertz CT molecular complexity index is 508. The first-order chi connectivity index (χ1) is 8.88. The topological polar surface area (TPSA) is 37.4 Å². The Morgan fingerprint density at radius 3 is 2.32 bits per heavy atom. The second kappa shape index (κ2) is 5.75. The fourth-order valence-corrected chi connectivity index (χ4v) is 3.50. The van der Waals surface area contributed by atoms with Crippen LogP contribution in [0.1, 0.15) is 30.6 Å². The Balaban J connectivity index is 2.22. The minimum Gasteiger partial charge on any atom is -0.278 e. The lowest BCUT2D eigenvalue weighted by molar-refractivity contribution is -0.125. The van der Waals surface area contributed by atoms with Gasteiger partial charge in [0.2, 0.25) is 5.91 Å². The van der Waals surface area contributed by atoms with Crippen LogP contribution in [-0.2, 0) is 4.79 Å². The summed E-state index contributed by atoms with van der Waals surface area (Å²) in [5, 5.41) is 0. The Kier molecular flexibility index (Phi) is 4.46. The molecule has 0 aromatic heterocycles. The van der Waals surface area contributed by atoms with Crippen LogP contribution in [0.15, 0.2) is 27.1 Å². The summed E-state index contributed by atoms with van der Waals surface area (Å²) in [7, 11) is 0. The molecule has 1 aliphatic heterocycles. The first-order valence-electron chi connectivity index (χ1n) is 6.19. The van der Waals surface area contributed by atoms with Gasteiger partial charge in [-0.3, -0.25) is 14.5 Å². The zero-order valence-corrected chi connectivity index (χ0v) is 14.0. The van der Waals surface area contributed by atoms with E-state index in [0.717, 1.165) is 8.95 Å². The van der Waals surface area contributed by atoms with E-state index in [1.807, 2.05) is 6.07 Å². The summed E-state index contributed by atoms with van der Waals surface area (Å²) < 4.78 is 1.63. The molecule has 2 amide bonds. The maximum absolute atomic E-state index is 12.4. The summed E-state index contributed by atoms with van der Waals surface area (Å²) in [5.74, 6) is 0.401. The van der Waals surface area contributed by atoms with Crippen molar-refractivity contribution in [3.8, 4) is 0 Å². The molecule has 1 aliphatic rings. The molecule has 3 nitrogen and oxygen atoms in total. The van der Waals surface area contributed by atoms with Gasteiger partial charge in [0, 0.05) is 27.5 Å². The predicted octanol–water partition coefficient (Wildman–Crippen LogP) is 3.86. The summed E-state index contributed by atoms with van der Waals surface area (Å²) in [6, 6.07) is 5.34. The first-order valence-corrected chi connectivity index (χ1v) is 7.78. The van der Waals surface area contributed by atoms with Crippen molar-refractivity contribution in [2.24, 2.45) is 11.8 Å². The predicted molar refractivity (Wildman–Crippen MR) is 80.8 cm³/mol. The number of likely N-dealkylation sites (tertiary alicyclic amines) is 1. The molecule has 5 heteroatoms. The number of halogens is 2. The molecule has 1 unspecified atom stereocenters. The average Bonchev–Trinajstić information content (AvgIpc) is 2.69. The van der Waals surface area contributed by atoms with Gasteiger partial charge in [-0.05, 0) is 30.0 Å². The van der Waals surface area contributed by atoms with E-state index in [2.05, 4.69) is 45.7 Å². The lowest BCUT2D eigenvalue weighted by Crippen LogP contribution is -2.32. The smallest absolute Gasteiger partial charge is 0.260 e. The molecule has 0 spiro atoms.